The van der Waals surface area contributed by atoms with E-state index in [2.05, 4.69) is 20.7 Å². The highest BCUT2D eigenvalue weighted by Gasteiger charge is 2.15. The summed E-state index contributed by atoms with van der Waals surface area (Å²) in [6.07, 6.45) is 0. The van der Waals surface area contributed by atoms with Crippen molar-refractivity contribution in [2.75, 3.05) is 4.72 Å². The van der Waals surface area contributed by atoms with E-state index >= 15 is 0 Å². The third kappa shape index (κ3) is 3.63. The summed E-state index contributed by atoms with van der Waals surface area (Å²) in [4.78, 5) is 0.146. The molecule has 0 aliphatic carbocycles. The minimum absolute atomic E-state index is 0.146. The van der Waals surface area contributed by atoms with Crippen LogP contribution in [0.5, 0.6) is 0 Å². The number of nitrogens with one attached hydrogen (secondary N) is 1. The molecule has 0 aliphatic heterocycles. The summed E-state index contributed by atoms with van der Waals surface area (Å²) in [7, 11) is -3.68. The molecule has 0 aromatic heterocycles. The molecule has 0 fully saturated rings. The SMILES string of the molecule is O=S(=O)(Nc1ccc(Cl)cc1Cl)c1cccc(Br)c1. The highest BCUT2D eigenvalue weighted by molar-refractivity contribution is 9.10. The van der Waals surface area contributed by atoms with Gasteiger partial charge in [0.25, 0.3) is 10.0 Å². The molecule has 3 nitrogen and oxygen atoms in total. The molecule has 0 bridgehead atoms. The van der Waals surface area contributed by atoms with E-state index in [0.29, 0.717) is 9.50 Å². The zero-order valence-electron chi connectivity index (χ0n) is 9.40. The Labute approximate surface area is 129 Å². The Bertz CT molecular complexity index is 719. The average molecular weight is 381 g/mol. The normalized spacial score (nSPS) is 11.3. The fourth-order valence-corrected chi connectivity index (χ4v) is 3.60. The summed E-state index contributed by atoms with van der Waals surface area (Å²) < 4.78 is 27.4. The zero-order chi connectivity index (χ0) is 14.0. The molecule has 1 N–H and O–H groups in total. The standard InChI is InChI=1S/C12H8BrCl2NO2S/c13-8-2-1-3-10(6-8)19(17,18)16-12-5-4-9(14)7-11(12)15/h1-7,16H. The van der Waals surface area contributed by atoms with Gasteiger partial charge < -0.3 is 0 Å². The second-order valence-corrected chi connectivity index (χ2v) is 7.13. The molecule has 2 aromatic rings. The summed E-state index contributed by atoms with van der Waals surface area (Å²) in [5, 5.41) is 0.682. The molecule has 7 heteroatoms. The van der Waals surface area contributed by atoms with E-state index in [4.69, 9.17) is 23.2 Å². The van der Waals surface area contributed by atoms with Crippen molar-refractivity contribution in [2.24, 2.45) is 0 Å². The van der Waals surface area contributed by atoms with Crippen molar-refractivity contribution < 1.29 is 8.42 Å². The molecular formula is C12H8BrCl2NO2S. The van der Waals surface area contributed by atoms with Crippen LogP contribution in [0, 0.1) is 0 Å². The maximum Gasteiger partial charge on any atom is 0.261 e. The van der Waals surface area contributed by atoms with Crippen LogP contribution in [0.15, 0.2) is 51.8 Å². The van der Waals surface area contributed by atoms with Gasteiger partial charge in [0.15, 0.2) is 0 Å². The van der Waals surface area contributed by atoms with Crippen molar-refractivity contribution in [1.29, 1.82) is 0 Å². The number of hydrogen-bond acceptors (Lipinski definition) is 2. The molecule has 0 amide bonds. The Kier molecular flexibility index (Phi) is 4.40. The van der Waals surface area contributed by atoms with Gasteiger partial charge in [-0.15, -0.1) is 0 Å². The highest BCUT2D eigenvalue weighted by atomic mass is 79.9. The van der Waals surface area contributed by atoms with Gasteiger partial charge in [0.05, 0.1) is 15.6 Å². The first-order valence-electron chi connectivity index (χ1n) is 5.12. The zero-order valence-corrected chi connectivity index (χ0v) is 13.3. The number of anilines is 1. The van der Waals surface area contributed by atoms with E-state index < -0.39 is 10.0 Å². The number of hydrogen-bond donors (Lipinski definition) is 1. The molecule has 0 spiro atoms. The van der Waals surface area contributed by atoms with Gasteiger partial charge >= 0.3 is 0 Å². The van der Waals surface area contributed by atoms with Crippen molar-refractivity contribution in [3.05, 3.63) is 57.0 Å². The van der Waals surface area contributed by atoms with E-state index in [1.54, 1.807) is 18.2 Å². The largest absolute Gasteiger partial charge is 0.278 e. The molecule has 0 atom stereocenters. The molecule has 0 saturated carbocycles. The van der Waals surface area contributed by atoms with E-state index in [1.165, 1.54) is 24.3 Å². The van der Waals surface area contributed by atoms with E-state index in [1.807, 2.05) is 0 Å². The summed E-state index contributed by atoms with van der Waals surface area (Å²) in [6, 6.07) is 10.9. The molecule has 19 heavy (non-hydrogen) atoms. The van der Waals surface area contributed by atoms with Crippen molar-refractivity contribution in [3.63, 3.8) is 0 Å². The van der Waals surface area contributed by atoms with Crippen LogP contribution in [-0.4, -0.2) is 8.42 Å². The lowest BCUT2D eigenvalue weighted by atomic mass is 10.3. The third-order valence-electron chi connectivity index (χ3n) is 2.28. The van der Waals surface area contributed by atoms with Gasteiger partial charge in [-0.25, -0.2) is 8.42 Å². The molecule has 0 aliphatic rings. The lowest BCUT2D eigenvalue weighted by Gasteiger charge is -2.10. The molecule has 0 radical (unpaired) electrons. The Balaban J connectivity index is 2.36. The van der Waals surface area contributed by atoms with Gasteiger partial charge in [0.1, 0.15) is 0 Å². The van der Waals surface area contributed by atoms with Gasteiger partial charge in [0.2, 0.25) is 0 Å². The van der Waals surface area contributed by atoms with Crippen molar-refractivity contribution >= 4 is 54.8 Å². The molecule has 2 aromatic carbocycles. The number of sulfonamides is 1. The highest BCUT2D eigenvalue weighted by Crippen LogP contribution is 2.28. The molecule has 2 rings (SSSR count). The molecule has 0 unspecified atom stereocenters. The van der Waals surface area contributed by atoms with Gasteiger partial charge in [-0.2, -0.15) is 0 Å². The van der Waals surface area contributed by atoms with E-state index in [0.717, 1.165) is 0 Å². The Morgan fingerprint density at radius 1 is 1.05 bits per heavy atom. The van der Waals surface area contributed by atoms with Gasteiger partial charge in [-0.1, -0.05) is 45.2 Å². The molecule has 0 heterocycles. The van der Waals surface area contributed by atoms with Gasteiger partial charge in [0, 0.05) is 9.50 Å². The van der Waals surface area contributed by atoms with Crippen LogP contribution in [0.1, 0.15) is 0 Å². The van der Waals surface area contributed by atoms with Crippen molar-refractivity contribution in [2.45, 2.75) is 4.90 Å². The smallest absolute Gasteiger partial charge is 0.261 e. The number of benzene rings is 2. The predicted octanol–water partition coefficient (Wildman–Crippen LogP) is 4.56. The summed E-state index contributed by atoms with van der Waals surface area (Å²) in [5.41, 5.74) is 0.283. The summed E-state index contributed by atoms with van der Waals surface area (Å²) in [6.45, 7) is 0. The van der Waals surface area contributed by atoms with Gasteiger partial charge in [-0.3, -0.25) is 4.72 Å². The van der Waals surface area contributed by atoms with Crippen molar-refractivity contribution in [1.82, 2.24) is 0 Å². The van der Waals surface area contributed by atoms with Crippen LogP contribution < -0.4 is 4.72 Å². The Morgan fingerprint density at radius 2 is 1.79 bits per heavy atom. The van der Waals surface area contributed by atoms with E-state index in [9.17, 15) is 8.42 Å². The minimum atomic E-state index is -3.68. The van der Waals surface area contributed by atoms with Crippen molar-refractivity contribution in [3.8, 4) is 0 Å². The van der Waals surface area contributed by atoms with Crippen LogP contribution in [-0.2, 0) is 10.0 Å². The van der Waals surface area contributed by atoms with Crippen LogP contribution in [0.2, 0.25) is 10.0 Å². The first-order chi connectivity index (χ1) is 8.88. The van der Waals surface area contributed by atoms with Crippen LogP contribution in [0.4, 0.5) is 5.69 Å². The van der Waals surface area contributed by atoms with Gasteiger partial charge in [-0.05, 0) is 36.4 Å². The number of rotatable bonds is 3. The lowest BCUT2D eigenvalue weighted by Crippen LogP contribution is -2.13. The van der Waals surface area contributed by atoms with Crippen LogP contribution >= 0.6 is 39.1 Å². The second-order valence-electron chi connectivity index (χ2n) is 3.69. The lowest BCUT2D eigenvalue weighted by molar-refractivity contribution is 0.601. The third-order valence-corrected chi connectivity index (χ3v) is 4.69. The molecule has 0 saturated heterocycles. The van der Waals surface area contributed by atoms with Crippen LogP contribution in [0.3, 0.4) is 0 Å². The topological polar surface area (TPSA) is 46.2 Å². The molecule has 100 valence electrons. The summed E-state index contributed by atoms with van der Waals surface area (Å²) >= 11 is 14.9. The fourth-order valence-electron chi connectivity index (χ4n) is 1.41. The Hall–Kier alpha value is -0.750. The second kappa shape index (κ2) is 5.71. The summed E-state index contributed by atoms with van der Waals surface area (Å²) in [5.74, 6) is 0. The quantitative estimate of drug-likeness (QED) is 0.848. The Morgan fingerprint density at radius 3 is 2.42 bits per heavy atom. The monoisotopic (exact) mass is 379 g/mol. The van der Waals surface area contributed by atoms with E-state index in [-0.39, 0.29) is 15.6 Å². The number of halogens is 3. The average Bonchev–Trinajstić information content (AvgIpc) is 2.33. The predicted molar refractivity (Wildman–Crippen MR) is 81.4 cm³/mol. The minimum Gasteiger partial charge on any atom is -0.278 e. The van der Waals surface area contributed by atoms with Crippen LogP contribution in [0.25, 0.3) is 0 Å². The maximum atomic E-state index is 12.2. The molecular weight excluding hydrogens is 373 g/mol. The fraction of sp³-hybridized carbons (Fsp3) is 0. The first kappa shape index (κ1) is 14.7. The maximum absolute atomic E-state index is 12.2. The first-order valence-corrected chi connectivity index (χ1v) is 8.15.